The minimum Gasteiger partial charge on any atom is -0.478 e. The van der Waals surface area contributed by atoms with Crippen LogP contribution in [0, 0.1) is 0 Å². The van der Waals surface area contributed by atoms with Gasteiger partial charge in [-0.25, -0.2) is 13.2 Å². The number of aliphatic hydroxyl groups is 1. The van der Waals surface area contributed by atoms with E-state index in [1.54, 1.807) is 30.3 Å². The molecule has 0 atom stereocenters. The molecule has 5 nitrogen and oxygen atoms in total. The molecule has 0 radical (unpaired) electrons. The average Bonchev–Trinajstić information content (AvgIpc) is 3.23. The highest BCUT2D eigenvalue weighted by Gasteiger charge is 2.51. The van der Waals surface area contributed by atoms with Gasteiger partial charge in [-0.15, -0.1) is 0 Å². The molecule has 0 aromatic heterocycles. The van der Waals surface area contributed by atoms with Crippen LogP contribution in [0.2, 0.25) is 0 Å². The van der Waals surface area contributed by atoms with E-state index in [-0.39, 0.29) is 5.25 Å². The van der Waals surface area contributed by atoms with Gasteiger partial charge in [0.05, 0.1) is 10.8 Å². The molecule has 0 unspecified atom stereocenters. The number of benzene rings is 1. The zero-order valence-corrected chi connectivity index (χ0v) is 12.6. The molecule has 1 aromatic carbocycles. The van der Waals surface area contributed by atoms with E-state index in [9.17, 15) is 18.3 Å². The largest absolute Gasteiger partial charge is 0.478 e. The summed E-state index contributed by atoms with van der Waals surface area (Å²) in [6.45, 7) is 0. The van der Waals surface area contributed by atoms with Crippen LogP contribution < -0.4 is 0 Å². The van der Waals surface area contributed by atoms with Crippen molar-refractivity contribution in [2.24, 2.45) is 0 Å². The summed E-state index contributed by atoms with van der Waals surface area (Å²) in [5.41, 5.74) is 0.331. The number of hydrogen-bond acceptors (Lipinski definition) is 4. The molecule has 2 aliphatic carbocycles. The van der Waals surface area contributed by atoms with Crippen LogP contribution in [0.4, 0.5) is 0 Å². The molecule has 6 heteroatoms. The second kappa shape index (κ2) is 6.15. The zero-order valence-electron chi connectivity index (χ0n) is 11.7. The fourth-order valence-corrected chi connectivity index (χ4v) is 4.72. The third kappa shape index (κ3) is 3.63. The van der Waals surface area contributed by atoms with Gasteiger partial charge in [-0.3, -0.25) is 0 Å². The highest BCUT2D eigenvalue weighted by molar-refractivity contribution is 7.93. The summed E-state index contributed by atoms with van der Waals surface area (Å²) in [5, 5.41) is 18.0. The Morgan fingerprint density at radius 1 is 1.10 bits per heavy atom. The third-order valence-corrected chi connectivity index (χ3v) is 6.71. The van der Waals surface area contributed by atoms with Crippen LogP contribution in [0.25, 0.3) is 0 Å². The highest BCUT2D eigenvalue weighted by Crippen LogP contribution is 2.42. The van der Waals surface area contributed by atoms with E-state index in [4.69, 9.17) is 5.11 Å². The van der Waals surface area contributed by atoms with Crippen LogP contribution in [-0.2, 0) is 9.84 Å². The molecule has 0 bridgehead atoms. The zero-order chi connectivity index (χ0) is 15.5. The Hall–Kier alpha value is -1.40. The van der Waals surface area contributed by atoms with Crippen LogP contribution in [0.1, 0.15) is 48.9 Å². The molecular weight excluding hydrogens is 292 g/mol. The Kier molecular flexibility index (Phi) is 4.68. The summed E-state index contributed by atoms with van der Waals surface area (Å²) in [4.78, 5) is 8.85. The van der Waals surface area contributed by atoms with E-state index in [1.165, 1.54) is 0 Å². The Bertz CT molecular complexity index is 584. The maximum Gasteiger partial charge on any atom is 0.335 e. The van der Waals surface area contributed by atoms with Crippen molar-refractivity contribution in [1.82, 2.24) is 0 Å². The maximum atomic E-state index is 11.7. The summed E-state index contributed by atoms with van der Waals surface area (Å²) >= 11 is 0. The van der Waals surface area contributed by atoms with Gasteiger partial charge in [-0.2, -0.15) is 0 Å². The van der Waals surface area contributed by atoms with Crippen molar-refractivity contribution in [3.8, 4) is 0 Å². The summed E-state index contributed by atoms with van der Waals surface area (Å²) in [6, 6.07) is 8.30. The number of carboxylic acids is 1. The van der Waals surface area contributed by atoms with Gasteiger partial charge in [0.1, 0.15) is 0 Å². The quantitative estimate of drug-likeness (QED) is 0.893. The van der Waals surface area contributed by atoms with Gasteiger partial charge >= 0.3 is 5.97 Å². The lowest BCUT2D eigenvalue weighted by atomic mass is 10.2. The fraction of sp³-hybridized carbons (Fsp3) is 0.533. The Morgan fingerprint density at radius 3 is 2.00 bits per heavy atom. The smallest absolute Gasteiger partial charge is 0.335 e. The van der Waals surface area contributed by atoms with Gasteiger partial charge in [-0.05, 0) is 50.7 Å². The average molecular weight is 312 g/mol. The SMILES string of the molecule is O=C(O)c1ccccc1.O=S(=O)(C1CC1)C1(O)CCCC1. The number of rotatable bonds is 3. The lowest BCUT2D eigenvalue weighted by molar-refractivity contribution is 0.0697. The first-order chi connectivity index (χ1) is 9.87. The van der Waals surface area contributed by atoms with E-state index in [2.05, 4.69) is 0 Å². The number of sulfone groups is 1. The standard InChI is InChI=1S/C8H14O3S.C7H6O2/c9-8(5-1-2-6-8)12(10,11)7-3-4-7;8-7(9)6-4-2-1-3-5-6/h7,9H,1-6H2;1-5H,(H,8,9). The van der Waals surface area contributed by atoms with Crippen LogP contribution in [0.15, 0.2) is 30.3 Å². The first-order valence-corrected chi connectivity index (χ1v) is 8.66. The Labute approximate surface area is 124 Å². The van der Waals surface area contributed by atoms with Crippen molar-refractivity contribution in [3.63, 3.8) is 0 Å². The van der Waals surface area contributed by atoms with Gasteiger partial charge in [-0.1, -0.05) is 18.2 Å². The number of carboxylic acid groups (broad SMARTS) is 1. The monoisotopic (exact) mass is 312 g/mol. The van der Waals surface area contributed by atoms with E-state index in [0.29, 0.717) is 18.4 Å². The summed E-state index contributed by atoms with van der Waals surface area (Å²) in [6.07, 6.45) is 4.11. The molecule has 0 heterocycles. The predicted octanol–water partition coefficient (Wildman–Crippen LogP) is 2.21. The van der Waals surface area contributed by atoms with Gasteiger partial charge in [0.25, 0.3) is 0 Å². The Balaban J connectivity index is 0.000000161. The molecule has 21 heavy (non-hydrogen) atoms. The molecule has 0 amide bonds. The van der Waals surface area contributed by atoms with Crippen molar-refractivity contribution < 1.29 is 23.4 Å². The van der Waals surface area contributed by atoms with Crippen LogP contribution >= 0.6 is 0 Å². The minimum absolute atomic E-state index is 0.222. The highest BCUT2D eigenvalue weighted by atomic mass is 32.2. The molecular formula is C15H20O5S. The van der Waals surface area contributed by atoms with Crippen molar-refractivity contribution >= 4 is 15.8 Å². The van der Waals surface area contributed by atoms with Crippen molar-refractivity contribution in [3.05, 3.63) is 35.9 Å². The van der Waals surface area contributed by atoms with Crippen LogP contribution in [0.3, 0.4) is 0 Å². The molecule has 2 saturated carbocycles. The predicted molar refractivity (Wildman–Crippen MR) is 78.8 cm³/mol. The molecule has 0 spiro atoms. The third-order valence-electron chi connectivity index (χ3n) is 3.90. The van der Waals surface area contributed by atoms with Crippen molar-refractivity contribution in [2.75, 3.05) is 0 Å². The van der Waals surface area contributed by atoms with Crippen LogP contribution in [0.5, 0.6) is 0 Å². The van der Waals surface area contributed by atoms with E-state index in [0.717, 1.165) is 25.7 Å². The summed E-state index contributed by atoms with van der Waals surface area (Å²) in [7, 11) is -3.21. The number of aromatic carboxylic acids is 1. The molecule has 116 valence electrons. The van der Waals surface area contributed by atoms with Gasteiger partial charge in [0, 0.05) is 0 Å². The molecule has 1 aromatic rings. The number of carbonyl (C=O) groups is 1. The van der Waals surface area contributed by atoms with Crippen LogP contribution in [-0.4, -0.2) is 34.8 Å². The van der Waals surface area contributed by atoms with Gasteiger partial charge in [0.2, 0.25) is 0 Å². The first-order valence-electron chi connectivity index (χ1n) is 7.11. The summed E-state index contributed by atoms with van der Waals surface area (Å²) in [5.74, 6) is -0.879. The van der Waals surface area contributed by atoms with Crippen molar-refractivity contribution in [2.45, 2.75) is 48.7 Å². The topological polar surface area (TPSA) is 91.7 Å². The van der Waals surface area contributed by atoms with E-state index < -0.39 is 20.7 Å². The maximum absolute atomic E-state index is 11.7. The lowest BCUT2D eigenvalue weighted by Crippen LogP contribution is -2.37. The second-order valence-corrected chi connectivity index (χ2v) is 8.09. The molecule has 2 N–H and O–H groups in total. The number of hydrogen-bond donors (Lipinski definition) is 2. The molecule has 2 fully saturated rings. The summed E-state index contributed by atoms with van der Waals surface area (Å²) < 4.78 is 23.3. The van der Waals surface area contributed by atoms with Gasteiger partial charge < -0.3 is 10.2 Å². The van der Waals surface area contributed by atoms with E-state index >= 15 is 0 Å². The Morgan fingerprint density at radius 2 is 1.62 bits per heavy atom. The van der Waals surface area contributed by atoms with Gasteiger partial charge in [0.15, 0.2) is 14.8 Å². The fourth-order valence-electron chi connectivity index (χ4n) is 2.48. The second-order valence-electron chi connectivity index (χ2n) is 5.57. The van der Waals surface area contributed by atoms with Crippen molar-refractivity contribution in [1.29, 1.82) is 0 Å². The normalized spacial score (nSPS) is 20.4. The van der Waals surface area contributed by atoms with E-state index in [1.807, 2.05) is 0 Å². The lowest BCUT2D eigenvalue weighted by Gasteiger charge is -2.21. The minimum atomic E-state index is -3.21. The molecule has 0 aliphatic heterocycles. The molecule has 3 rings (SSSR count). The first kappa shape index (κ1) is 16.0. The molecule has 0 saturated heterocycles. The molecule has 2 aliphatic rings.